The fourth-order valence-corrected chi connectivity index (χ4v) is 3.81. The minimum absolute atomic E-state index is 0.0450. The average Bonchev–Trinajstić information content (AvgIpc) is 3.52. The van der Waals surface area contributed by atoms with Gasteiger partial charge in [-0.2, -0.15) is 5.10 Å². The number of aryl methyl sites for hydroxylation is 1. The number of H-pyrrole nitrogens is 1. The van der Waals surface area contributed by atoms with Crippen LogP contribution in [0, 0.1) is 6.92 Å². The van der Waals surface area contributed by atoms with Crippen molar-refractivity contribution in [2.24, 2.45) is 0 Å². The average molecular weight is 482 g/mol. The van der Waals surface area contributed by atoms with Gasteiger partial charge in [-0.25, -0.2) is 0 Å². The molecule has 4 N–H and O–H groups in total. The van der Waals surface area contributed by atoms with Gasteiger partial charge in [0, 0.05) is 16.6 Å². The summed E-state index contributed by atoms with van der Waals surface area (Å²) in [5.74, 6) is -0.346. The maximum absolute atomic E-state index is 13.1. The number of phenols is 1. The fourth-order valence-electron chi connectivity index (χ4n) is 3.81. The second-order valence-corrected chi connectivity index (χ2v) is 8.08. The lowest BCUT2D eigenvalue weighted by atomic mass is 10.1. The minimum Gasteiger partial charge on any atom is -0.507 e. The summed E-state index contributed by atoms with van der Waals surface area (Å²) in [5, 5.41) is 23.3. The Morgan fingerprint density at radius 3 is 2.53 bits per heavy atom. The molecule has 0 bridgehead atoms. The van der Waals surface area contributed by atoms with E-state index in [1.165, 1.54) is 6.07 Å². The molecule has 0 aliphatic heterocycles. The zero-order valence-electron chi connectivity index (χ0n) is 19.5. The number of hydrogen-bond donors (Lipinski definition) is 4. The fraction of sp³-hybridized carbons (Fsp3) is 0.0741. The van der Waals surface area contributed by atoms with Crippen LogP contribution >= 0.6 is 0 Å². The van der Waals surface area contributed by atoms with Crippen LogP contribution in [0.15, 0.2) is 77.2 Å². The van der Waals surface area contributed by atoms with Crippen molar-refractivity contribution in [3.63, 3.8) is 0 Å². The molecule has 9 heteroatoms. The molecule has 0 aliphatic rings. The number of aromatic amines is 1. The third-order valence-corrected chi connectivity index (χ3v) is 5.72. The number of para-hydroxylation sites is 2. The molecule has 0 fully saturated rings. The standard InChI is InChI=1S/C27H22N4O5/c1-15-6-5-8-18(24(15)32)20-14-21(31-30-20)26(33)29-23-19-7-3-4-9-22(19)36-25(23)27(34)28-16-10-12-17(35-2)13-11-16/h3-14,32H,1-2H3,(H,28,34)(H,29,33)(H,30,31). The van der Waals surface area contributed by atoms with Crippen molar-refractivity contribution in [3.8, 4) is 22.8 Å². The van der Waals surface area contributed by atoms with Gasteiger partial charge in [0.25, 0.3) is 11.8 Å². The first-order valence-corrected chi connectivity index (χ1v) is 11.1. The van der Waals surface area contributed by atoms with E-state index in [1.54, 1.807) is 80.8 Å². The Kier molecular flexibility index (Phi) is 5.87. The topological polar surface area (TPSA) is 129 Å². The molecule has 9 nitrogen and oxygen atoms in total. The molecule has 0 atom stereocenters. The number of nitrogens with one attached hydrogen (secondary N) is 3. The molecule has 5 rings (SSSR count). The highest BCUT2D eigenvalue weighted by Gasteiger charge is 2.24. The van der Waals surface area contributed by atoms with E-state index in [2.05, 4.69) is 20.8 Å². The molecule has 0 unspecified atom stereocenters. The van der Waals surface area contributed by atoms with Gasteiger partial charge in [-0.05, 0) is 61.0 Å². The van der Waals surface area contributed by atoms with Crippen molar-refractivity contribution in [2.45, 2.75) is 6.92 Å². The van der Waals surface area contributed by atoms with Gasteiger partial charge in [0.1, 0.15) is 28.5 Å². The quantitative estimate of drug-likeness (QED) is 0.258. The zero-order valence-corrected chi connectivity index (χ0v) is 19.5. The summed E-state index contributed by atoms with van der Waals surface area (Å²) in [7, 11) is 1.56. The number of furan rings is 1. The number of carbonyl (C=O) groups is 2. The highest BCUT2D eigenvalue weighted by Crippen LogP contribution is 2.33. The molecule has 2 amide bonds. The van der Waals surface area contributed by atoms with E-state index in [9.17, 15) is 14.7 Å². The summed E-state index contributed by atoms with van der Waals surface area (Å²) in [6, 6.07) is 20.7. The smallest absolute Gasteiger partial charge is 0.293 e. The van der Waals surface area contributed by atoms with Crippen LogP contribution in [-0.4, -0.2) is 34.2 Å². The van der Waals surface area contributed by atoms with Crippen LogP contribution in [0.25, 0.3) is 22.2 Å². The maximum atomic E-state index is 13.1. The molecule has 0 saturated heterocycles. The Labute approximate surface area is 205 Å². The van der Waals surface area contributed by atoms with E-state index in [4.69, 9.17) is 9.15 Å². The molecule has 36 heavy (non-hydrogen) atoms. The Balaban J connectivity index is 1.44. The normalized spacial score (nSPS) is 10.8. The molecular formula is C27H22N4O5. The van der Waals surface area contributed by atoms with E-state index in [0.717, 1.165) is 0 Å². The van der Waals surface area contributed by atoms with Gasteiger partial charge in [0.2, 0.25) is 5.76 Å². The lowest BCUT2D eigenvalue weighted by Crippen LogP contribution is -2.17. The van der Waals surface area contributed by atoms with Crippen LogP contribution in [0.5, 0.6) is 11.5 Å². The van der Waals surface area contributed by atoms with Gasteiger partial charge in [-0.15, -0.1) is 0 Å². The van der Waals surface area contributed by atoms with Gasteiger partial charge in [0.05, 0.1) is 12.8 Å². The largest absolute Gasteiger partial charge is 0.507 e. The molecule has 3 aromatic carbocycles. The van der Waals surface area contributed by atoms with Crippen molar-refractivity contribution in [3.05, 3.63) is 89.8 Å². The van der Waals surface area contributed by atoms with Gasteiger partial charge in [-0.1, -0.05) is 24.3 Å². The summed E-state index contributed by atoms with van der Waals surface area (Å²) in [4.78, 5) is 26.2. The van der Waals surface area contributed by atoms with Crippen molar-refractivity contribution >= 4 is 34.2 Å². The zero-order chi connectivity index (χ0) is 25.2. The van der Waals surface area contributed by atoms with E-state index in [-0.39, 0.29) is 22.9 Å². The van der Waals surface area contributed by atoms with Crippen LogP contribution < -0.4 is 15.4 Å². The van der Waals surface area contributed by atoms with Crippen molar-refractivity contribution in [1.82, 2.24) is 10.2 Å². The minimum atomic E-state index is -0.526. The Morgan fingerprint density at radius 1 is 0.972 bits per heavy atom. The van der Waals surface area contributed by atoms with Gasteiger partial charge < -0.3 is 24.9 Å². The third-order valence-electron chi connectivity index (χ3n) is 5.72. The van der Waals surface area contributed by atoms with Crippen molar-refractivity contribution in [2.75, 3.05) is 17.7 Å². The number of carbonyl (C=O) groups excluding carboxylic acids is 2. The molecule has 2 aromatic heterocycles. The van der Waals surface area contributed by atoms with E-state index < -0.39 is 11.8 Å². The first kappa shape index (κ1) is 22.7. The van der Waals surface area contributed by atoms with Crippen LogP contribution in [0.3, 0.4) is 0 Å². The number of amides is 2. The van der Waals surface area contributed by atoms with Crippen LogP contribution in [0.4, 0.5) is 11.4 Å². The van der Waals surface area contributed by atoms with Crippen molar-refractivity contribution in [1.29, 1.82) is 0 Å². The van der Waals surface area contributed by atoms with E-state index in [1.807, 2.05) is 0 Å². The number of aromatic nitrogens is 2. The van der Waals surface area contributed by atoms with Gasteiger partial charge in [0.15, 0.2) is 0 Å². The first-order valence-electron chi connectivity index (χ1n) is 11.1. The summed E-state index contributed by atoms with van der Waals surface area (Å²) >= 11 is 0. The first-order chi connectivity index (χ1) is 17.4. The van der Waals surface area contributed by atoms with Crippen LogP contribution in [0.2, 0.25) is 0 Å². The second kappa shape index (κ2) is 9.30. The van der Waals surface area contributed by atoms with Gasteiger partial charge >= 0.3 is 0 Å². The number of benzene rings is 3. The predicted molar refractivity (Wildman–Crippen MR) is 136 cm³/mol. The number of fused-ring (bicyclic) bond motifs is 1. The Morgan fingerprint density at radius 2 is 1.75 bits per heavy atom. The summed E-state index contributed by atoms with van der Waals surface area (Å²) in [5.41, 5.74) is 2.97. The Hall–Kier alpha value is -5.05. The number of aromatic hydroxyl groups is 1. The molecule has 5 aromatic rings. The predicted octanol–water partition coefficient (Wildman–Crippen LogP) is 5.35. The summed E-state index contributed by atoms with van der Waals surface area (Å²) < 4.78 is 11.0. The monoisotopic (exact) mass is 482 g/mol. The molecular weight excluding hydrogens is 460 g/mol. The lowest BCUT2D eigenvalue weighted by molar-refractivity contribution is 0.0999. The highest BCUT2D eigenvalue weighted by atomic mass is 16.5. The number of nitrogens with zero attached hydrogens (tertiary/aromatic N) is 1. The lowest BCUT2D eigenvalue weighted by Gasteiger charge is -2.07. The van der Waals surface area contributed by atoms with E-state index >= 15 is 0 Å². The van der Waals surface area contributed by atoms with Crippen molar-refractivity contribution < 1.29 is 23.8 Å². The number of rotatable bonds is 6. The van der Waals surface area contributed by atoms with Crippen LogP contribution in [0.1, 0.15) is 26.6 Å². The summed E-state index contributed by atoms with van der Waals surface area (Å²) in [6.45, 7) is 1.78. The number of anilines is 2. The SMILES string of the molecule is COc1ccc(NC(=O)c2oc3ccccc3c2NC(=O)c2cc(-c3cccc(C)c3O)n[nH]2)cc1. The summed E-state index contributed by atoms with van der Waals surface area (Å²) in [6.07, 6.45) is 0. The number of phenolic OH excluding ortho intramolecular Hbond substituents is 1. The number of methoxy groups -OCH3 is 1. The maximum Gasteiger partial charge on any atom is 0.293 e. The Bertz CT molecular complexity index is 1580. The van der Waals surface area contributed by atoms with E-state index in [0.29, 0.717) is 39.2 Å². The number of hydrogen-bond acceptors (Lipinski definition) is 6. The molecule has 0 saturated carbocycles. The number of ether oxygens (including phenoxy) is 1. The third kappa shape index (κ3) is 4.25. The highest BCUT2D eigenvalue weighted by molar-refractivity contribution is 6.16. The molecule has 0 radical (unpaired) electrons. The van der Waals surface area contributed by atoms with Crippen LogP contribution in [-0.2, 0) is 0 Å². The second-order valence-electron chi connectivity index (χ2n) is 8.08. The molecule has 0 aliphatic carbocycles. The molecule has 180 valence electrons. The molecule has 2 heterocycles. The molecule has 0 spiro atoms. The van der Waals surface area contributed by atoms with Gasteiger partial charge in [-0.3, -0.25) is 14.7 Å².